The largest absolute Gasteiger partial charge is 0.367 e. The molecule has 0 radical (unpaired) electrons. The molecule has 1 aliphatic rings. The minimum Gasteiger partial charge on any atom is -0.367 e. The number of pyridine rings is 1. The fourth-order valence-corrected chi connectivity index (χ4v) is 3.30. The molecule has 1 amide bonds. The van der Waals surface area contributed by atoms with Gasteiger partial charge in [-0.25, -0.2) is 4.98 Å². The van der Waals surface area contributed by atoms with Gasteiger partial charge in [-0.15, -0.1) is 5.10 Å². The van der Waals surface area contributed by atoms with Gasteiger partial charge in [-0.05, 0) is 12.1 Å². The van der Waals surface area contributed by atoms with Crippen molar-refractivity contribution in [1.82, 2.24) is 29.3 Å². The lowest BCUT2D eigenvalue weighted by Crippen LogP contribution is -2.49. The third-order valence-corrected chi connectivity index (χ3v) is 4.96. The van der Waals surface area contributed by atoms with E-state index in [1.165, 1.54) is 0 Å². The van der Waals surface area contributed by atoms with Crippen molar-refractivity contribution in [2.45, 2.75) is 26.2 Å². The van der Waals surface area contributed by atoms with Gasteiger partial charge < -0.3 is 14.2 Å². The number of nitrogens with zero attached hydrogens (tertiary/aromatic N) is 7. The second-order valence-corrected chi connectivity index (χ2v) is 8.09. The van der Waals surface area contributed by atoms with Crippen molar-refractivity contribution in [2.24, 2.45) is 7.05 Å². The molecule has 0 unspecified atom stereocenters. The summed E-state index contributed by atoms with van der Waals surface area (Å²) >= 11 is 0. The first-order valence-corrected chi connectivity index (χ1v) is 9.21. The molecule has 0 atom stereocenters. The number of rotatable bonds is 2. The number of carbonyl (C=O) groups is 1. The predicted molar refractivity (Wildman–Crippen MR) is 103 cm³/mol. The first-order valence-electron chi connectivity index (χ1n) is 9.21. The minimum atomic E-state index is -0.0531. The van der Waals surface area contributed by atoms with Crippen LogP contribution in [0.25, 0.3) is 5.65 Å². The third-order valence-electron chi connectivity index (χ3n) is 4.96. The molecule has 0 aromatic carbocycles. The van der Waals surface area contributed by atoms with Crippen LogP contribution in [0.1, 0.15) is 37.0 Å². The molecule has 0 N–H and O–H groups in total. The number of hydrogen-bond acceptors (Lipinski definition) is 5. The molecule has 3 aromatic heterocycles. The molecule has 0 spiro atoms. The summed E-state index contributed by atoms with van der Waals surface area (Å²) in [4.78, 5) is 21.4. The number of anilines is 1. The molecule has 8 heteroatoms. The molecule has 0 aliphatic carbocycles. The zero-order chi connectivity index (χ0) is 19.2. The second-order valence-electron chi connectivity index (χ2n) is 8.09. The lowest BCUT2D eigenvalue weighted by atomic mass is 9.93. The molecule has 1 fully saturated rings. The molecule has 8 nitrogen and oxygen atoms in total. The smallest absolute Gasteiger partial charge is 0.276 e. The van der Waals surface area contributed by atoms with Crippen LogP contribution in [0.2, 0.25) is 0 Å². The molecule has 27 heavy (non-hydrogen) atoms. The quantitative estimate of drug-likeness (QED) is 0.690. The Hall–Kier alpha value is -2.90. The Morgan fingerprint density at radius 2 is 1.78 bits per heavy atom. The maximum absolute atomic E-state index is 12.5. The highest BCUT2D eigenvalue weighted by Crippen LogP contribution is 2.24. The molecule has 0 saturated carbocycles. The van der Waals surface area contributed by atoms with Crippen LogP contribution < -0.4 is 4.90 Å². The highest BCUT2D eigenvalue weighted by atomic mass is 16.2. The van der Waals surface area contributed by atoms with E-state index in [0.29, 0.717) is 18.8 Å². The van der Waals surface area contributed by atoms with E-state index in [2.05, 4.69) is 64.9 Å². The molecule has 1 saturated heterocycles. The Bertz CT molecular complexity index is 974. The van der Waals surface area contributed by atoms with E-state index in [1.54, 1.807) is 17.9 Å². The van der Waals surface area contributed by atoms with E-state index in [9.17, 15) is 4.79 Å². The Kier molecular flexibility index (Phi) is 4.13. The van der Waals surface area contributed by atoms with Gasteiger partial charge >= 0.3 is 0 Å². The number of fused-ring (bicyclic) bond motifs is 1. The van der Waals surface area contributed by atoms with Crippen molar-refractivity contribution in [1.29, 1.82) is 0 Å². The fourth-order valence-electron chi connectivity index (χ4n) is 3.30. The maximum atomic E-state index is 12.5. The van der Waals surface area contributed by atoms with Crippen LogP contribution in [-0.2, 0) is 12.5 Å². The van der Waals surface area contributed by atoms with Crippen molar-refractivity contribution in [3.05, 3.63) is 42.1 Å². The molecular formula is C19H25N7O. The van der Waals surface area contributed by atoms with Crippen LogP contribution in [0.4, 0.5) is 5.69 Å². The summed E-state index contributed by atoms with van der Waals surface area (Å²) in [5, 5.41) is 7.77. The predicted octanol–water partition coefficient (Wildman–Crippen LogP) is 1.72. The van der Waals surface area contributed by atoms with Gasteiger partial charge in [-0.1, -0.05) is 26.0 Å². The van der Waals surface area contributed by atoms with Crippen LogP contribution in [0.15, 0.2) is 30.7 Å². The van der Waals surface area contributed by atoms with Crippen LogP contribution in [0, 0.1) is 0 Å². The summed E-state index contributed by atoms with van der Waals surface area (Å²) in [5.41, 5.74) is 3.62. The number of amides is 1. The Morgan fingerprint density at radius 3 is 2.41 bits per heavy atom. The molecule has 142 valence electrons. The van der Waals surface area contributed by atoms with Crippen molar-refractivity contribution in [3.8, 4) is 0 Å². The topological polar surface area (TPSA) is 71.6 Å². The number of carbonyl (C=O) groups excluding carboxylic acids is 1. The standard InChI is InChI=1S/C19H25N7O/c1-19(2,3)16-13-26-11-14(5-6-17(26)20-16)24-7-9-25(10-8-24)18(27)15-12-23(4)22-21-15/h5-6,11-13H,7-10H2,1-4H3. The van der Waals surface area contributed by atoms with Crippen molar-refractivity contribution >= 4 is 17.2 Å². The summed E-state index contributed by atoms with van der Waals surface area (Å²) in [5.74, 6) is -0.0531. The molecule has 4 heterocycles. The van der Waals surface area contributed by atoms with Crippen LogP contribution >= 0.6 is 0 Å². The van der Waals surface area contributed by atoms with Gasteiger partial charge in [0.25, 0.3) is 5.91 Å². The van der Waals surface area contributed by atoms with Gasteiger partial charge in [-0.2, -0.15) is 0 Å². The Morgan fingerprint density at radius 1 is 1.04 bits per heavy atom. The molecule has 1 aliphatic heterocycles. The number of piperazine rings is 1. The molecule has 3 aromatic rings. The van der Waals surface area contributed by atoms with E-state index < -0.39 is 0 Å². The van der Waals surface area contributed by atoms with Crippen LogP contribution in [-0.4, -0.2) is 61.4 Å². The second kappa shape index (κ2) is 6.37. The maximum Gasteiger partial charge on any atom is 0.276 e. The lowest BCUT2D eigenvalue weighted by molar-refractivity contribution is 0.0740. The molecular weight excluding hydrogens is 342 g/mol. The summed E-state index contributed by atoms with van der Waals surface area (Å²) in [6.07, 6.45) is 5.89. The summed E-state index contributed by atoms with van der Waals surface area (Å²) in [7, 11) is 1.76. The van der Waals surface area contributed by atoms with Gasteiger partial charge in [0, 0.05) is 51.0 Å². The van der Waals surface area contributed by atoms with E-state index >= 15 is 0 Å². The average molecular weight is 367 g/mol. The van der Waals surface area contributed by atoms with Gasteiger partial charge in [0.05, 0.1) is 17.6 Å². The van der Waals surface area contributed by atoms with E-state index in [1.807, 2.05) is 4.90 Å². The fraction of sp³-hybridized carbons (Fsp3) is 0.474. The highest BCUT2D eigenvalue weighted by molar-refractivity contribution is 5.92. The SMILES string of the molecule is Cn1cc(C(=O)N2CCN(c3ccc4nc(C(C)(C)C)cn4c3)CC2)nn1. The number of imidazole rings is 1. The zero-order valence-electron chi connectivity index (χ0n) is 16.3. The van der Waals surface area contributed by atoms with Crippen LogP contribution in [0.3, 0.4) is 0 Å². The van der Waals surface area contributed by atoms with E-state index in [-0.39, 0.29) is 11.3 Å². The summed E-state index contributed by atoms with van der Waals surface area (Å²) in [6.45, 7) is 9.43. The van der Waals surface area contributed by atoms with Crippen molar-refractivity contribution in [2.75, 3.05) is 31.1 Å². The number of hydrogen-bond donors (Lipinski definition) is 0. The molecule has 0 bridgehead atoms. The highest BCUT2D eigenvalue weighted by Gasteiger charge is 2.24. The number of aromatic nitrogens is 5. The summed E-state index contributed by atoms with van der Waals surface area (Å²) < 4.78 is 3.64. The van der Waals surface area contributed by atoms with Crippen molar-refractivity contribution < 1.29 is 4.79 Å². The van der Waals surface area contributed by atoms with Crippen molar-refractivity contribution in [3.63, 3.8) is 0 Å². The van der Waals surface area contributed by atoms with Crippen LogP contribution in [0.5, 0.6) is 0 Å². The molecule has 4 rings (SSSR count). The first kappa shape index (κ1) is 17.5. The van der Waals surface area contributed by atoms with Gasteiger partial charge in [-0.3, -0.25) is 9.48 Å². The Balaban J connectivity index is 1.47. The van der Waals surface area contributed by atoms with Gasteiger partial charge in [0.2, 0.25) is 0 Å². The third kappa shape index (κ3) is 3.39. The van der Waals surface area contributed by atoms with E-state index in [0.717, 1.165) is 30.1 Å². The monoisotopic (exact) mass is 367 g/mol. The zero-order valence-corrected chi connectivity index (χ0v) is 16.3. The lowest BCUT2D eigenvalue weighted by Gasteiger charge is -2.35. The van der Waals surface area contributed by atoms with Gasteiger partial charge in [0.15, 0.2) is 5.69 Å². The van der Waals surface area contributed by atoms with Gasteiger partial charge in [0.1, 0.15) is 5.65 Å². The summed E-state index contributed by atoms with van der Waals surface area (Å²) in [6, 6.07) is 4.16. The number of aryl methyl sites for hydroxylation is 1. The Labute approximate surface area is 158 Å². The van der Waals surface area contributed by atoms with E-state index in [4.69, 9.17) is 4.98 Å². The normalized spacial score (nSPS) is 15.6. The average Bonchev–Trinajstić information content (AvgIpc) is 3.26. The first-order chi connectivity index (χ1) is 12.8. The minimum absolute atomic E-state index is 0.0263.